The maximum absolute atomic E-state index is 12.7. The van der Waals surface area contributed by atoms with Crippen LogP contribution in [-0.2, 0) is 4.79 Å². The van der Waals surface area contributed by atoms with Gasteiger partial charge in [-0.25, -0.2) is 9.97 Å². The molecule has 7 nitrogen and oxygen atoms in total. The lowest BCUT2D eigenvalue weighted by molar-refractivity contribution is -0.132. The summed E-state index contributed by atoms with van der Waals surface area (Å²) in [5.41, 5.74) is 1.15. The Morgan fingerprint density at radius 3 is 2.25 bits per heavy atom. The van der Waals surface area contributed by atoms with Crippen LogP contribution in [0.5, 0.6) is 0 Å². The van der Waals surface area contributed by atoms with Crippen molar-refractivity contribution in [2.45, 2.75) is 0 Å². The highest BCUT2D eigenvalue weighted by molar-refractivity contribution is 6.30. The first-order chi connectivity index (χ1) is 13.7. The van der Waals surface area contributed by atoms with E-state index in [2.05, 4.69) is 30.7 Å². The summed E-state index contributed by atoms with van der Waals surface area (Å²) < 4.78 is 0. The minimum Gasteiger partial charge on any atom is -0.369 e. The molecule has 148 valence electrons. The number of nitrogens with zero attached hydrogens (tertiary/aromatic N) is 6. The summed E-state index contributed by atoms with van der Waals surface area (Å²) in [5.74, 6) is 0.955. The summed E-state index contributed by atoms with van der Waals surface area (Å²) in [7, 11) is 0. The van der Waals surface area contributed by atoms with Crippen molar-refractivity contribution in [3.63, 3.8) is 0 Å². The van der Waals surface area contributed by atoms with E-state index < -0.39 is 0 Å². The van der Waals surface area contributed by atoms with E-state index in [-0.39, 0.29) is 5.91 Å². The van der Waals surface area contributed by atoms with Crippen LogP contribution in [0.1, 0.15) is 0 Å². The minimum atomic E-state index is 0.213. The van der Waals surface area contributed by atoms with Gasteiger partial charge in [-0.15, -0.1) is 0 Å². The fourth-order valence-corrected chi connectivity index (χ4v) is 3.92. The fraction of sp³-hybridized carbons (Fsp3) is 0.450. The van der Waals surface area contributed by atoms with E-state index in [1.165, 1.54) is 0 Å². The third kappa shape index (κ3) is 4.54. The average molecular weight is 401 g/mol. The maximum Gasteiger partial charge on any atom is 0.236 e. The Morgan fingerprint density at radius 1 is 0.893 bits per heavy atom. The predicted octanol–water partition coefficient (Wildman–Crippen LogP) is 1.60. The molecular formula is C20H25ClN6O. The molecular weight excluding hydrogens is 376 g/mol. The first kappa shape index (κ1) is 19.0. The van der Waals surface area contributed by atoms with Crippen LogP contribution in [0.4, 0.5) is 11.6 Å². The third-order valence-corrected chi connectivity index (χ3v) is 5.61. The molecule has 0 unspecified atom stereocenters. The smallest absolute Gasteiger partial charge is 0.236 e. The molecule has 1 aromatic heterocycles. The number of rotatable bonds is 4. The van der Waals surface area contributed by atoms with Crippen molar-refractivity contribution in [2.75, 3.05) is 68.7 Å². The maximum atomic E-state index is 12.7. The zero-order chi connectivity index (χ0) is 19.3. The largest absolute Gasteiger partial charge is 0.369 e. The van der Waals surface area contributed by atoms with Gasteiger partial charge in [-0.2, -0.15) is 0 Å². The average Bonchev–Trinajstić information content (AvgIpc) is 2.75. The normalized spacial score (nSPS) is 18.4. The van der Waals surface area contributed by atoms with Crippen LogP contribution in [0, 0.1) is 0 Å². The second-order valence-electron chi connectivity index (χ2n) is 7.16. The summed E-state index contributed by atoms with van der Waals surface area (Å²) in [5, 5.41) is 0.759. The number of aromatic nitrogens is 2. The van der Waals surface area contributed by atoms with Gasteiger partial charge in [-0.3, -0.25) is 9.69 Å². The molecule has 0 spiro atoms. The van der Waals surface area contributed by atoms with Crippen molar-refractivity contribution < 1.29 is 4.79 Å². The Morgan fingerprint density at radius 2 is 1.57 bits per heavy atom. The SMILES string of the molecule is O=C(CN1CCN(c2cccc(Cl)c2)CC1)N1CCN(c2ncccn2)CC1. The topological polar surface area (TPSA) is 55.8 Å². The van der Waals surface area contributed by atoms with Gasteiger partial charge >= 0.3 is 0 Å². The highest BCUT2D eigenvalue weighted by atomic mass is 35.5. The molecule has 2 saturated heterocycles. The van der Waals surface area contributed by atoms with Crippen molar-refractivity contribution in [1.29, 1.82) is 0 Å². The van der Waals surface area contributed by atoms with Crippen LogP contribution < -0.4 is 9.80 Å². The second kappa shape index (κ2) is 8.75. The van der Waals surface area contributed by atoms with Crippen LogP contribution in [-0.4, -0.2) is 84.6 Å². The Hall–Kier alpha value is -2.38. The number of carbonyl (C=O) groups excluding carboxylic acids is 1. The number of halogens is 1. The molecule has 0 radical (unpaired) electrons. The molecule has 0 aliphatic carbocycles. The first-order valence-electron chi connectivity index (χ1n) is 9.72. The molecule has 2 aliphatic heterocycles. The highest BCUT2D eigenvalue weighted by Crippen LogP contribution is 2.20. The minimum absolute atomic E-state index is 0.213. The molecule has 28 heavy (non-hydrogen) atoms. The number of amides is 1. The van der Waals surface area contributed by atoms with Gasteiger partial charge in [0.05, 0.1) is 6.54 Å². The molecule has 2 fully saturated rings. The van der Waals surface area contributed by atoms with E-state index in [4.69, 9.17) is 11.6 Å². The predicted molar refractivity (Wildman–Crippen MR) is 111 cm³/mol. The summed E-state index contributed by atoms with van der Waals surface area (Å²) in [6.45, 7) is 7.08. The molecule has 3 heterocycles. The van der Waals surface area contributed by atoms with Crippen molar-refractivity contribution >= 4 is 29.1 Å². The Kier molecular flexibility index (Phi) is 5.92. The Balaban J connectivity index is 1.23. The Labute approximate surface area is 170 Å². The van der Waals surface area contributed by atoms with Gasteiger partial charge in [-0.1, -0.05) is 17.7 Å². The van der Waals surface area contributed by atoms with E-state index in [0.717, 1.165) is 69.0 Å². The number of benzene rings is 1. The van der Waals surface area contributed by atoms with Crippen LogP contribution in [0.2, 0.25) is 5.02 Å². The molecule has 1 aromatic carbocycles. The third-order valence-electron chi connectivity index (χ3n) is 5.37. The summed E-state index contributed by atoms with van der Waals surface area (Å²) in [4.78, 5) is 30.0. The zero-order valence-corrected chi connectivity index (χ0v) is 16.6. The van der Waals surface area contributed by atoms with Crippen molar-refractivity contribution in [2.24, 2.45) is 0 Å². The monoisotopic (exact) mass is 400 g/mol. The van der Waals surface area contributed by atoms with Gasteiger partial charge < -0.3 is 14.7 Å². The molecule has 8 heteroatoms. The summed E-state index contributed by atoms with van der Waals surface area (Å²) in [6, 6.07) is 9.77. The molecule has 4 rings (SSSR count). The number of carbonyl (C=O) groups is 1. The number of anilines is 2. The van der Waals surface area contributed by atoms with E-state index in [1.807, 2.05) is 29.2 Å². The lowest BCUT2D eigenvalue weighted by Crippen LogP contribution is -2.54. The quantitative estimate of drug-likeness (QED) is 0.777. The van der Waals surface area contributed by atoms with E-state index in [9.17, 15) is 4.79 Å². The molecule has 0 N–H and O–H groups in total. The van der Waals surface area contributed by atoms with E-state index >= 15 is 0 Å². The lowest BCUT2D eigenvalue weighted by Gasteiger charge is -2.38. The Bertz CT molecular complexity index is 788. The second-order valence-corrected chi connectivity index (χ2v) is 7.60. The van der Waals surface area contributed by atoms with Gasteiger partial charge in [0, 0.05) is 75.5 Å². The van der Waals surface area contributed by atoms with Gasteiger partial charge in [0.2, 0.25) is 11.9 Å². The molecule has 0 bridgehead atoms. The van der Waals surface area contributed by atoms with E-state index in [1.54, 1.807) is 12.4 Å². The molecule has 2 aromatic rings. The van der Waals surface area contributed by atoms with Crippen LogP contribution in [0.25, 0.3) is 0 Å². The van der Waals surface area contributed by atoms with Crippen molar-refractivity contribution in [3.8, 4) is 0 Å². The van der Waals surface area contributed by atoms with Crippen molar-refractivity contribution in [3.05, 3.63) is 47.7 Å². The van der Waals surface area contributed by atoms with Gasteiger partial charge in [-0.05, 0) is 24.3 Å². The van der Waals surface area contributed by atoms with Crippen LogP contribution >= 0.6 is 11.6 Å². The molecule has 2 aliphatic rings. The van der Waals surface area contributed by atoms with Crippen LogP contribution in [0.3, 0.4) is 0 Å². The molecule has 0 saturated carbocycles. The number of hydrogen-bond acceptors (Lipinski definition) is 6. The molecule has 1 amide bonds. The lowest BCUT2D eigenvalue weighted by atomic mass is 10.2. The van der Waals surface area contributed by atoms with Crippen molar-refractivity contribution in [1.82, 2.24) is 19.8 Å². The summed E-state index contributed by atoms with van der Waals surface area (Å²) >= 11 is 6.10. The van der Waals surface area contributed by atoms with E-state index in [0.29, 0.717) is 6.54 Å². The van der Waals surface area contributed by atoms with Gasteiger partial charge in [0.1, 0.15) is 0 Å². The fourth-order valence-electron chi connectivity index (χ4n) is 3.74. The molecule has 0 atom stereocenters. The highest BCUT2D eigenvalue weighted by Gasteiger charge is 2.25. The zero-order valence-electron chi connectivity index (χ0n) is 15.9. The first-order valence-corrected chi connectivity index (χ1v) is 10.1. The summed E-state index contributed by atoms with van der Waals surface area (Å²) in [6.07, 6.45) is 3.51. The standard InChI is InChI=1S/C20H25ClN6O/c21-17-3-1-4-18(15-17)25-9-7-24(8-10-25)16-19(28)26-11-13-27(14-12-26)20-22-5-2-6-23-20/h1-6,15H,7-14,16H2. The number of hydrogen-bond donors (Lipinski definition) is 0. The van der Waals surface area contributed by atoms with Gasteiger partial charge in [0.15, 0.2) is 0 Å². The van der Waals surface area contributed by atoms with Gasteiger partial charge in [0.25, 0.3) is 0 Å². The van der Waals surface area contributed by atoms with Crippen LogP contribution in [0.15, 0.2) is 42.7 Å². The number of piperazine rings is 2.